The van der Waals surface area contributed by atoms with E-state index in [0.717, 1.165) is 36.4 Å². The Morgan fingerprint density at radius 3 is 2.48 bits per heavy atom. The number of thiazole rings is 1. The highest BCUT2D eigenvalue weighted by Crippen LogP contribution is 2.35. The molecule has 25 heavy (non-hydrogen) atoms. The van der Waals surface area contributed by atoms with E-state index in [4.69, 9.17) is 9.47 Å². The number of hydrogen-bond acceptors (Lipinski definition) is 6. The molecular weight excluding hydrogens is 334 g/mol. The minimum Gasteiger partial charge on any atom is -0.454 e. The number of aryl methyl sites for hydroxylation is 1. The molecule has 0 N–H and O–H groups in total. The average molecular weight is 357 g/mol. The standard InChI is InChI=1S/C19H23N3O2S/c1-13-20-17(11-25-13)10-22-8-15-6-21(7-16(15)9-22)5-14-2-3-18-19(4-14)24-12-23-18/h2-4,11,15-16H,5-10,12H2,1H3/t15-,16+. The van der Waals surface area contributed by atoms with Gasteiger partial charge in [-0.1, -0.05) is 6.07 Å². The van der Waals surface area contributed by atoms with Gasteiger partial charge in [-0.05, 0) is 36.5 Å². The number of hydrogen-bond donors (Lipinski definition) is 0. The second-order valence-electron chi connectivity index (χ2n) is 7.45. The van der Waals surface area contributed by atoms with Gasteiger partial charge < -0.3 is 9.47 Å². The fourth-order valence-corrected chi connectivity index (χ4v) is 5.06. The molecule has 0 aliphatic carbocycles. The fourth-order valence-electron chi connectivity index (χ4n) is 4.45. The molecule has 4 heterocycles. The van der Waals surface area contributed by atoms with Crippen molar-refractivity contribution in [1.82, 2.24) is 14.8 Å². The highest BCUT2D eigenvalue weighted by molar-refractivity contribution is 7.09. The molecule has 2 atom stereocenters. The lowest BCUT2D eigenvalue weighted by Crippen LogP contribution is -2.28. The van der Waals surface area contributed by atoms with Crippen LogP contribution in [-0.2, 0) is 13.1 Å². The normalized spacial score (nSPS) is 25.6. The molecule has 0 spiro atoms. The van der Waals surface area contributed by atoms with Crippen LogP contribution in [0.1, 0.15) is 16.3 Å². The van der Waals surface area contributed by atoms with Gasteiger partial charge in [-0.3, -0.25) is 9.80 Å². The van der Waals surface area contributed by atoms with Crippen LogP contribution in [0.25, 0.3) is 0 Å². The van der Waals surface area contributed by atoms with Crippen molar-refractivity contribution in [2.24, 2.45) is 11.8 Å². The summed E-state index contributed by atoms with van der Waals surface area (Å²) >= 11 is 1.75. The van der Waals surface area contributed by atoms with Gasteiger partial charge >= 0.3 is 0 Å². The Kier molecular flexibility index (Phi) is 3.91. The summed E-state index contributed by atoms with van der Waals surface area (Å²) in [6.07, 6.45) is 0. The number of likely N-dealkylation sites (tertiary alicyclic amines) is 2. The molecule has 0 amide bonds. The third kappa shape index (κ3) is 3.14. The molecule has 2 saturated heterocycles. The van der Waals surface area contributed by atoms with Crippen LogP contribution in [0.5, 0.6) is 11.5 Å². The first-order valence-electron chi connectivity index (χ1n) is 8.97. The highest BCUT2D eigenvalue weighted by Gasteiger charge is 2.39. The predicted molar refractivity (Wildman–Crippen MR) is 97.0 cm³/mol. The van der Waals surface area contributed by atoms with Gasteiger partial charge in [0.15, 0.2) is 11.5 Å². The molecule has 0 saturated carbocycles. The van der Waals surface area contributed by atoms with Crippen LogP contribution in [0, 0.1) is 18.8 Å². The number of rotatable bonds is 4. The van der Waals surface area contributed by atoms with Crippen molar-refractivity contribution in [2.75, 3.05) is 33.0 Å². The van der Waals surface area contributed by atoms with Crippen molar-refractivity contribution >= 4 is 11.3 Å². The third-order valence-corrected chi connectivity index (χ3v) is 6.36. The maximum absolute atomic E-state index is 5.50. The molecule has 2 aromatic rings. The van der Waals surface area contributed by atoms with Crippen molar-refractivity contribution in [3.63, 3.8) is 0 Å². The Hall–Kier alpha value is -1.63. The molecule has 0 radical (unpaired) electrons. The van der Waals surface area contributed by atoms with E-state index in [0.29, 0.717) is 6.79 Å². The van der Waals surface area contributed by atoms with E-state index in [9.17, 15) is 0 Å². The molecule has 132 valence electrons. The Morgan fingerprint density at radius 2 is 1.76 bits per heavy atom. The van der Waals surface area contributed by atoms with Crippen LogP contribution in [0.2, 0.25) is 0 Å². The molecule has 1 aromatic carbocycles. The molecule has 0 unspecified atom stereocenters. The van der Waals surface area contributed by atoms with Crippen LogP contribution in [0.3, 0.4) is 0 Å². The average Bonchev–Trinajstić information content (AvgIpc) is 3.32. The van der Waals surface area contributed by atoms with Gasteiger partial charge in [0, 0.05) is 44.6 Å². The summed E-state index contributed by atoms with van der Waals surface area (Å²) in [5.41, 5.74) is 2.55. The summed E-state index contributed by atoms with van der Waals surface area (Å²) in [4.78, 5) is 9.79. The van der Waals surface area contributed by atoms with Crippen molar-refractivity contribution < 1.29 is 9.47 Å². The van der Waals surface area contributed by atoms with Gasteiger partial charge in [-0.15, -0.1) is 11.3 Å². The van der Waals surface area contributed by atoms with Crippen LogP contribution < -0.4 is 9.47 Å². The number of nitrogens with zero attached hydrogens (tertiary/aromatic N) is 3. The van der Waals surface area contributed by atoms with Crippen LogP contribution >= 0.6 is 11.3 Å². The van der Waals surface area contributed by atoms with Gasteiger partial charge in [-0.25, -0.2) is 4.98 Å². The zero-order chi connectivity index (χ0) is 16.8. The quantitative estimate of drug-likeness (QED) is 0.841. The van der Waals surface area contributed by atoms with Gasteiger partial charge in [0.2, 0.25) is 6.79 Å². The molecule has 3 aliphatic rings. The van der Waals surface area contributed by atoms with E-state index >= 15 is 0 Å². The number of benzene rings is 1. The lowest BCUT2D eigenvalue weighted by Gasteiger charge is -2.21. The van der Waals surface area contributed by atoms with Gasteiger partial charge in [-0.2, -0.15) is 0 Å². The maximum atomic E-state index is 5.50. The van der Waals surface area contributed by atoms with Crippen LogP contribution in [0.15, 0.2) is 23.6 Å². The zero-order valence-electron chi connectivity index (χ0n) is 14.5. The van der Waals surface area contributed by atoms with Crippen molar-refractivity contribution in [3.05, 3.63) is 39.8 Å². The summed E-state index contributed by atoms with van der Waals surface area (Å²) in [7, 11) is 0. The van der Waals surface area contributed by atoms with E-state index in [1.54, 1.807) is 11.3 Å². The van der Waals surface area contributed by atoms with E-state index in [1.807, 2.05) is 6.07 Å². The second kappa shape index (κ2) is 6.27. The minimum atomic E-state index is 0.348. The third-order valence-electron chi connectivity index (χ3n) is 5.53. The Bertz CT molecular complexity index is 764. The Labute approximate surface area is 152 Å². The first kappa shape index (κ1) is 15.6. The predicted octanol–water partition coefficient (Wildman–Crippen LogP) is 2.74. The first-order chi connectivity index (χ1) is 12.2. The lowest BCUT2D eigenvalue weighted by molar-refractivity contribution is 0.174. The van der Waals surface area contributed by atoms with Crippen LogP contribution in [-0.4, -0.2) is 47.8 Å². The maximum Gasteiger partial charge on any atom is 0.231 e. The molecule has 3 aliphatic heterocycles. The van der Waals surface area contributed by atoms with Crippen LogP contribution in [0.4, 0.5) is 0 Å². The largest absolute Gasteiger partial charge is 0.454 e. The number of aromatic nitrogens is 1. The van der Waals surface area contributed by atoms with E-state index in [-0.39, 0.29) is 0 Å². The summed E-state index contributed by atoms with van der Waals surface area (Å²) in [5.74, 6) is 3.36. The topological polar surface area (TPSA) is 37.8 Å². The lowest BCUT2D eigenvalue weighted by atomic mass is 10.0. The summed E-state index contributed by atoms with van der Waals surface area (Å²) in [5, 5.41) is 3.37. The fraction of sp³-hybridized carbons (Fsp3) is 0.526. The zero-order valence-corrected chi connectivity index (χ0v) is 15.3. The van der Waals surface area contributed by atoms with Crippen molar-refractivity contribution in [1.29, 1.82) is 0 Å². The monoisotopic (exact) mass is 357 g/mol. The van der Waals surface area contributed by atoms with Crippen molar-refractivity contribution in [3.8, 4) is 11.5 Å². The van der Waals surface area contributed by atoms with Crippen molar-refractivity contribution in [2.45, 2.75) is 20.0 Å². The molecule has 1 aromatic heterocycles. The summed E-state index contributed by atoms with van der Waals surface area (Å²) < 4.78 is 10.9. The molecule has 0 bridgehead atoms. The molecule has 2 fully saturated rings. The number of fused-ring (bicyclic) bond motifs is 2. The minimum absolute atomic E-state index is 0.348. The SMILES string of the molecule is Cc1nc(CN2C[C@H]3CN(Cc4ccc5c(c4)OCO5)C[C@H]3C2)cs1. The van der Waals surface area contributed by atoms with Gasteiger partial charge in [0.25, 0.3) is 0 Å². The summed E-state index contributed by atoms with van der Waals surface area (Å²) in [6.45, 7) is 9.27. The molecule has 5 rings (SSSR count). The van der Waals surface area contributed by atoms with Gasteiger partial charge in [0.05, 0.1) is 10.7 Å². The van der Waals surface area contributed by atoms with E-state index in [1.165, 1.54) is 42.4 Å². The van der Waals surface area contributed by atoms with E-state index < -0.39 is 0 Å². The highest BCUT2D eigenvalue weighted by atomic mass is 32.1. The number of ether oxygens (including phenoxy) is 2. The first-order valence-corrected chi connectivity index (χ1v) is 9.85. The smallest absolute Gasteiger partial charge is 0.231 e. The Balaban J connectivity index is 1.17. The molecular formula is C19H23N3O2S. The van der Waals surface area contributed by atoms with E-state index in [2.05, 4.69) is 39.2 Å². The molecule has 6 heteroatoms. The second-order valence-corrected chi connectivity index (χ2v) is 8.52. The molecule has 5 nitrogen and oxygen atoms in total. The summed E-state index contributed by atoms with van der Waals surface area (Å²) in [6, 6.07) is 6.33. The Morgan fingerprint density at radius 1 is 1.04 bits per heavy atom. The van der Waals surface area contributed by atoms with Gasteiger partial charge in [0.1, 0.15) is 0 Å².